The van der Waals surface area contributed by atoms with E-state index in [0.717, 1.165) is 18.4 Å². The Morgan fingerprint density at radius 2 is 2.38 bits per heavy atom. The summed E-state index contributed by atoms with van der Waals surface area (Å²) in [6.45, 7) is 5.74. The molecule has 0 radical (unpaired) electrons. The second-order valence-electron chi connectivity index (χ2n) is 4.84. The predicted octanol–water partition coefficient (Wildman–Crippen LogP) is 3.13. The van der Waals surface area contributed by atoms with E-state index in [1.807, 2.05) is 11.0 Å². The number of carbonyl (C=O) groups is 1. The van der Waals surface area contributed by atoms with E-state index in [1.165, 1.54) is 4.88 Å². The molecule has 1 aromatic rings. The number of alkyl halides is 1. The minimum atomic E-state index is -0.221. The van der Waals surface area contributed by atoms with Gasteiger partial charge in [0.1, 0.15) is 0 Å². The zero-order valence-corrected chi connectivity index (χ0v) is 12.0. The van der Waals surface area contributed by atoms with Crippen molar-refractivity contribution < 1.29 is 4.79 Å². The van der Waals surface area contributed by atoms with Gasteiger partial charge in [-0.15, -0.1) is 11.3 Å². The minimum absolute atomic E-state index is 0.221. The van der Waals surface area contributed by atoms with Crippen LogP contribution in [0.3, 0.4) is 0 Å². The molecule has 0 spiro atoms. The monoisotopic (exact) mass is 301 g/mol. The van der Waals surface area contributed by atoms with Crippen LogP contribution in [0.2, 0.25) is 0 Å². The van der Waals surface area contributed by atoms with E-state index in [9.17, 15) is 4.79 Å². The van der Waals surface area contributed by atoms with Crippen molar-refractivity contribution in [3.63, 3.8) is 0 Å². The van der Waals surface area contributed by atoms with Crippen molar-refractivity contribution in [2.75, 3.05) is 11.9 Å². The lowest BCUT2D eigenvalue weighted by Gasteiger charge is -2.21. The lowest BCUT2D eigenvalue weighted by molar-refractivity contribution is -0.135. The lowest BCUT2D eigenvalue weighted by Crippen LogP contribution is -2.31. The van der Waals surface area contributed by atoms with Gasteiger partial charge in [-0.05, 0) is 11.4 Å². The Bertz CT molecular complexity index is 374. The zero-order chi connectivity index (χ0) is 11.8. The number of halogens is 1. The van der Waals surface area contributed by atoms with E-state index in [0.29, 0.717) is 5.92 Å². The highest BCUT2D eigenvalue weighted by atomic mass is 79.9. The number of rotatable bonds is 3. The summed E-state index contributed by atoms with van der Waals surface area (Å²) < 4.78 is 0. The van der Waals surface area contributed by atoms with E-state index < -0.39 is 0 Å². The van der Waals surface area contributed by atoms with E-state index in [1.54, 1.807) is 11.3 Å². The van der Waals surface area contributed by atoms with Gasteiger partial charge in [0.05, 0.1) is 6.54 Å². The second-order valence-corrected chi connectivity index (χ2v) is 6.52. The fourth-order valence-corrected chi connectivity index (χ4v) is 3.86. The quantitative estimate of drug-likeness (QED) is 0.786. The molecule has 0 saturated carbocycles. The summed E-state index contributed by atoms with van der Waals surface area (Å²) in [7, 11) is 0. The molecular formula is C12H16BrNOS. The Balaban J connectivity index is 2.11. The smallest absolute Gasteiger partial charge is 0.228 e. The van der Waals surface area contributed by atoms with Crippen molar-refractivity contribution in [1.82, 2.24) is 4.90 Å². The highest BCUT2D eigenvalue weighted by Gasteiger charge is 2.46. The molecule has 0 N–H and O–H groups in total. The standard InChI is InChI=1S/C12H16BrNOS/c1-12(2)9(6-13)7-14(11(12)15)8-10-4-3-5-16-10/h3-5,9H,6-8H2,1-2H3/t9-/m0/s1. The molecule has 2 rings (SSSR count). The van der Waals surface area contributed by atoms with Crippen LogP contribution in [0.15, 0.2) is 17.5 Å². The fourth-order valence-electron chi connectivity index (χ4n) is 2.13. The van der Waals surface area contributed by atoms with Crippen LogP contribution in [0.1, 0.15) is 18.7 Å². The van der Waals surface area contributed by atoms with Crippen LogP contribution in [0.4, 0.5) is 0 Å². The Morgan fingerprint density at radius 1 is 1.62 bits per heavy atom. The molecule has 1 amide bonds. The Labute approximate surface area is 109 Å². The van der Waals surface area contributed by atoms with Gasteiger partial charge < -0.3 is 4.90 Å². The molecular weight excluding hydrogens is 286 g/mol. The summed E-state index contributed by atoms with van der Waals surface area (Å²) in [5, 5.41) is 2.95. The summed E-state index contributed by atoms with van der Waals surface area (Å²) in [6, 6.07) is 4.13. The van der Waals surface area contributed by atoms with Crippen molar-refractivity contribution in [1.29, 1.82) is 0 Å². The van der Waals surface area contributed by atoms with Crippen LogP contribution in [-0.2, 0) is 11.3 Å². The Kier molecular flexibility index (Phi) is 3.40. The normalized spacial score (nSPS) is 24.1. The molecule has 0 unspecified atom stereocenters. The molecule has 1 aliphatic heterocycles. The first-order valence-corrected chi connectivity index (χ1v) is 7.43. The van der Waals surface area contributed by atoms with Gasteiger partial charge in [-0.1, -0.05) is 35.8 Å². The van der Waals surface area contributed by atoms with Gasteiger partial charge >= 0.3 is 0 Å². The predicted molar refractivity (Wildman–Crippen MR) is 70.8 cm³/mol. The zero-order valence-electron chi connectivity index (χ0n) is 9.57. The first-order valence-electron chi connectivity index (χ1n) is 5.43. The highest BCUT2D eigenvalue weighted by Crippen LogP contribution is 2.38. The number of thiophene rings is 1. The molecule has 2 heterocycles. The van der Waals surface area contributed by atoms with Crippen LogP contribution >= 0.6 is 27.3 Å². The van der Waals surface area contributed by atoms with Gasteiger partial charge in [-0.25, -0.2) is 0 Å². The molecule has 4 heteroatoms. The van der Waals surface area contributed by atoms with Crippen molar-refractivity contribution in [2.24, 2.45) is 11.3 Å². The molecule has 88 valence electrons. The molecule has 2 nitrogen and oxygen atoms in total. The van der Waals surface area contributed by atoms with Gasteiger partial charge in [0, 0.05) is 28.1 Å². The third-order valence-electron chi connectivity index (χ3n) is 3.41. The lowest BCUT2D eigenvalue weighted by atomic mass is 9.83. The van der Waals surface area contributed by atoms with Gasteiger partial charge in [0.25, 0.3) is 0 Å². The molecule has 0 aliphatic carbocycles. The molecule has 16 heavy (non-hydrogen) atoms. The highest BCUT2D eigenvalue weighted by molar-refractivity contribution is 9.09. The van der Waals surface area contributed by atoms with E-state index >= 15 is 0 Å². The van der Waals surface area contributed by atoms with E-state index in [-0.39, 0.29) is 11.3 Å². The molecule has 1 atom stereocenters. The maximum atomic E-state index is 12.2. The average molecular weight is 302 g/mol. The van der Waals surface area contributed by atoms with Gasteiger partial charge in [0.2, 0.25) is 5.91 Å². The number of amides is 1. The third kappa shape index (κ3) is 2.05. The summed E-state index contributed by atoms with van der Waals surface area (Å²) >= 11 is 5.22. The van der Waals surface area contributed by atoms with Crippen LogP contribution in [0, 0.1) is 11.3 Å². The first kappa shape index (κ1) is 12.1. The number of nitrogens with zero attached hydrogens (tertiary/aromatic N) is 1. The molecule has 1 saturated heterocycles. The number of carbonyl (C=O) groups excluding carboxylic acids is 1. The van der Waals surface area contributed by atoms with E-state index in [4.69, 9.17) is 0 Å². The summed E-state index contributed by atoms with van der Waals surface area (Å²) in [5.74, 6) is 0.699. The number of likely N-dealkylation sites (tertiary alicyclic amines) is 1. The summed E-state index contributed by atoms with van der Waals surface area (Å²) in [6.07, 6.45) is 0. The molecule has 1 aliphatic rings. The Hall–Kier alpha value is -0.350. The SMILES string of the molecule is CC1(C)C(=O)N(Cc2cccs2)C[C@@H]1CBr. The topological polar surface area (TPSA) is 20.3 Å². The molecule has 1 fully saturated rings. The average Bonchev–Trinajstić information content (AvgIpc) is 2.81. The van der Waals surface area contributed by atoms with Crippen molar-refractivity contribution in [3.05, 3.63) is 22.4 Å². The third-order valence-corrected chi connectivity index (χ3v) is 5.06. The van der Waals surface area contributed by atoms with Gasteiger partial charge in [-0.2, -0.15) is 0 Å². The van der Waals surface area contributed by atoms with Gasteiger partial charge in [0.15, 0.2) is 0 Å². The van der Waals surface area contributed by atoms with Crippen LogP contribution < -0.4 is 0 Å². The maximum absolute atomic E-state index is 12.2. The van der Waals surface area contributed by atoms with Crippen LogP contribution in [0.25, 0.3) is 0 Å². The largest absolute Gasteiger partial charge is 0.337 e. The van der Waals surface area contributed by atoms with Crippen LogP contribution in [-0.4, -0.2) is 22.7 Å². The number of hydrogen-bond acceptors (Lipinski definition) is 2. The minimum Gasteiger partial charge on any atom is -0.337 e. The van der Waals surface area contributed by atoms with Crippen molar-refractivity contribution in [2.45, 2.75) is 20.4 Å². The van der Waals surface area contributed by atoms with E-state index in [2.05, 4.69) is 41.2 Å². The second kappa shape index (κ2) is 4.49. The molecule has 1 aromatic heterocycles. The maximum Gasteiger partial charge on any atom is 0.228 e. The van der Waals surface area contributed by atoms with Crippen molar-refractivity contribution >= 4 is 33.2 Å². The molecule has 0 bridgehead atoms. The van der Waals surface area contributed by atoms with Crippen molar-refractivity contribution in [3.8, 4) is 0 Å². The Morgan fingerprint density at radius 3 is 2.88 bits per heavy atom. The molecule has 0 aromatic carbocycles. The summed E-state index contributed by atoms with van der Waals surface area (Å²) in [4.78, 5) is 15.5. The summed E-state index contributed by atoms with van der Waals surface area (Å²) in [5.41, 5.74) is -0.221. The van der Waals surface area contributed by atoms with Gasteiger partial charge in [-0.3, -0.25) is 4.79 Å². The first-order chi connectivity index (χ1) is 7.55. The van der Waals surface area contributed by atoms with Crippen LogP contribution in [0.5, 0.6) is 0 Å². The number of hydrogen-bond donors (Lipinski definition) is 0. The fraction of sp³-hybridized carbons (Fsp3) is 0.583.